The first-order valence-electron chi connectivity index (χ1n) is 8.49. The molecule has 1 aliphatic rings. The second-order valence-corrected chi connectivity index (χ2v) is 7.51. The summed E-state index contributed by atoms with van der Waals surface area (Å²) in [7, 11) is 0. The molecule has 0 spiro atoms. The zero-order valence-electron chi connectivity index (χ0n) is 14.3. The molecule has 0 N–H and O–H groups in total. The van der Waals surface area contributed by atoms with E-state index in [0.29, 0.717) is 31.7 Å². The molecule has 1 aliphatic heterocycles. The molecule has 138 valence electrons. The molecule has 5 nitrogen and oxygen atoms in total. The van der Waals surface area contributed by atoms with E-state index in [4.69, 9.17) is 11.6 Å². The molecule has 0 unspecified atom stereocenters. The lowest BCUT2D eigenvalue weighted by atomic mass is 10.1. The molecule has 1 saturated heterocycles. The van der Waals surface area contributed by atoms with Crippen LogP contribution in [0.15, 0.2) is 47.8 Å². The van der Waals surface area contributed by atoms with E-state index in [9.17, 15) is 9.18 Å². The maximum Gasteiger partial charge on any atom is 0.255 e. The van der Waals surface area contributed by atoms with E-state index >= 15 is 0 Å². The number of thiophene rings is 1. The van der Waals surface area contributed by atoms with E-state index in [0.717, 1.165) is 22.5 Å². The SMILES string of the molecule is O=C(c1ccc(F)cc1Cl)N1CCN(c2ccc(-c3cccs3)nn2)CC1. The normalized spacial score (nSPS) is 14.4. The molecule has 1 amide bonds. The molecule has 0 radical (unpaired) electrons. The number of nitrogens with zero attached hydrogens (tertiary/aromatic N) is 4. The maximum atomic E-state index is 13.2. The Balaban J connectivity index is 1.40. The number of hydrogen-bond acceptors (Lipinski definition) is 5. The van der Waals surface area contributed by atoms with Crippen molar-refractivity contribution in [2.75, 3.05) is 31.1 Å². The summed E-state index contributed by atoms with van der Waals surface area (Å²) in [6.07, 6.45) is 0. The van der Waals surface area contributed by atoms with Crippen LogP contribution >= 0.6 is 22.9 Å². The van der Waals surface area contributed by atoms with E-state index in [2.05, 4.69) is 15.1 Å². The van der Waals surface area contributed by atoms with E-state index in [-0.39, 0.29) is 10.9 Å². The maximum absolute atomic E-state index is 13.2. The van der Waals surface area contributed by atoms with Crippen molar-refractivity contribution >= 4 is 34.7 Å². The Kier molecular flexibility index (Phi) is 5.05. The summed E-state index contributed by atoms with van der Waals surface area (Å²) in [4.78, 5) is 17.5. The van der Waals surface area contributed by atoms with Gasteiger partial charge in [-0.1, -0.05) is 17.7 Å². The second-order valence-electron chi connectivity index (χ2n) is 6.16. The van der Waals surface area contributed by atoms with Crippen LogP contribution in [0.25, 0.3) is 10.6 Å². The minimum absolute atomic E-state index is 0.137. The van der Waals surface area contributed by atoms with Gasteiger partial charge in [-0.2, -0.15) is 0 Å². The van der Waals surface area contributed by atoms with Gasteiger partial charge < -0.3 is 9.80 Å². The molecule has 1 fully saturated rings. The number of piperazine rings is 1. The molecule has 0 bridgehead atoms. The highest BCUT2D eigenvalue weighted by atomic mass is 35.5. The van der Waals surface area contributed by atoms with E-state index < -0.39 is 5.82 Å². The fourth-order valence-corrected chi connectivity index (χ4v) is 3.96. The van der Waals surface area contributed by atoms with Crippen LogP contribution in [0, 0.1) is 5.82 Å². The summed E-state index contributed by atoms with van der Waals surface area (Å²) >= 11 is 7.64. The van der Waals surface area contributed by atoms with Crippen molar-refractivity contribution in [1.82, 2.24) is 15.1 Å². The van der Waals surface area contributed by atoms with Gasteiger partial charge in [0.1, 0.15) is 11.5 Å². The second kappa shape index (κ2) is 7.62. The van der Waals surface area contributed by atoms with Crippen LogP contribution in [0.5, 0.6) is 0 Å². The smallest absolute Gasteiger partial charge is 0.255 e. The summed E-state index contributed by atoms with van der Waals surface area (Å²) in [6.45, 7) is 2.39. The van der Waals surface area contributed by atoms with Gasteiger partial charge in [-0.25, -0.2) is 4.39 Å². The fraction of sp³-hybridized carbons (Fsp3) is 0.211. The van der Waals surface area contributed by atoms with Gasteiger partial charge in [0.2, 0.25) is 0 Å². The van der Waals surface area contributed by atoms with Crippen LogP contribution in [-0.4, -0.2) is 47.2 Å². The van der Waals surface area contributed by atoms with Gasteiger partial charge in [-0.3, -0.25) is 4.79 Å². The van der Waals surface area contributed by atoms with Gasteiger partial charge in [0, 0.05) is 26.2 Å². The third-order valence-corrected chi connectivity index (χ3v) is 5.68. The van der Waals surface area contributed by atoms with Crippen molar-refractivity contribution < 1.29 is 9.18 Å². The third kappa shape index (κ3) is 3.79. The van der Waals surface area contributed by atoms with Crippen LogP contribution in [0.1, 0.15) is 10.4 Å². The van der Waals surface area contributed by atoms with Crippen LogP contribution in [0.2, 0.25) is 5.02 Å². The Morgan fingerprint density at radius 3 is 2.52 bits per heavy atom. The standard InChI is InChI=1S/C19H16ClFN4OS/c20-15-12-13(21)3-4-14(15)19(26)25-9-7-24(8-10-25)18-6-5-16(22-23-18)17-2-1-11-27-17/h1-6,11-12H,7-10H2. The first-order chi connectivity index (χ1) is 13.1. The lowest BCUT2D eigenvalue weighted by Crippen LogP contribution is -2.49. The summed E-state index contributed by atoms with van der Waals surface area (Å²) in [5.74, 6) is 0.159. The van der Waals surface area contributed by atoms with Crippen LogP contribution in [0.3, 0.4) is 0 Å². The molecular weight excluding hydrogens is 387 g/mol. The molecule has 2 aromatic heterocycles. The predicted octanol–water partition coefficient (Wildman–Crippen LogP) is 3.96. The van der Waals surface area contributed by atoms with Gasteiger partial charge in [-0.05, 0) is 41.8 Å². The molecular formula is C19H16ClFN4OS. The van der Waals surface area contributed by atoms with Crippen LogP contribution < -0.4 is 4.90 Å². The molecule has 0 atom stereocenters. The van der Waals surface area contributed by atoms with Crippen molar-refractivity contribution in [3.05, 3.63) is 64.2 Å². The predicted molar refractivity (Wildman–Crippen MR) is 105 cm³/mol. The lowest BCUT2D eigenvalue weighted by molar-refractivity contribution is 0.0746. The van der Waals surface area contributed by atoms with Gasteiger partial charge in [0.05, 0.1) is 15.5 Å². The molecule has 3 aromatic rings. The molecule has 8 heteroatoms. The molecule has 27 heavy (non-hydrogen) atoms. The Hall–Kier alpha value is -2.51. The average Bonchev–Trinajstić information content (AvgIpc) is 3.23. The van der Waals surface area contributed by atoms with Crippen molar-refractivity contribution in [1.29, 1.82) is 0 Å². The Morgan fingerprint density at radius 1 is 1.07 bits per heavy atom. The Morgan fingerprint density at radius 2 is 1.89 bits per heavy atom. The van der Waals surface area contributed by atoms with E-state index in [1.807, 2.05) is 29.6 Å². The summed E-state index contributed by atoms with van der Waals surface area (Å²) in [5.41, 5.74) is 1.18. The monoisotopic (exact) mass is 402 g/mol. The van der Waals surface area contributed by atoms with E-state index in [1.54, 1.807) is 16.2 Å². The third-order valence-electron chi connectivity index (χ3n) is 4.48. The van der Waals surface area contributed by atoms with Gasteiger partial charge >= 0.3 is 0 Å². The molecule has 0 aliphatic carbocycles. The zero-order chi connectivity index (χ0) is 18.8. The number of rotatable bonds is 3. The van der Waals surface area contributed by atoms with Gasteiger partial charge in [-0.15, -0.1) is 21.5 Å². The molecule has 0 saturated carbocycles. The van der Waals surface area contributed by atoms with Gasteiger partial charge in [0.15, 0.2) is 5.82 Å². The number of carbonyl (C=O) groups is 1. The number of aromatic nitrogens is 2. The van der Waals surface area contributed by atoms with Crippen molar-refractivity contribution in [2.45, 2.75) is 0 Å². The number of benzene rings is 1. The minimum atomic E-state index is -0.453. The van der Waals surface area contributed by atoms with Crippen molar-refractivity contribution in [3.63, 3.8) is 0 Å². The first kappa shape index (κ1) is 17.9. The number of halogens is 2. The van der Waals surface area contributed by atoms with Crippen LogP contribution in [-0.2, 0) is 0 Å². The Bertz CT molecular complexity index is 941. The van der Waals surface area contributed by atoms with Gasteiger partial charge in [0.25, 0.3) is 5.91 Å². The zero-order valence-corrected chi connectivity index (χ0v) is 15.9. The number of amides is 1. The summed E-state index contributed by atoms with van der Waals surface area (Å²) < 4.78 is 13.2. The van der Waals surface area contributed by atoms with Crippen molar-refractivity contribution in [3.8, 4) is 10.6 Å². The Labute approximate surface area is 165 Å². The van der Waals surface area contributed by atoms with Crippen LogP contribution in [0.4, 0.5) is 10.2 Å². The molecule has 3 heterocycles. The molecule has 4 rings (SSSR count). The quantitative estimate of drug-likeness (QED) is 0.665. The highest BCUT2D eigenvalue weighted by Crippen LogP contribution is 2.24. The highest BCUT2D eigenvalue weighted by molar-refractivity contribution is 7.13. The lowest BCUT2D eigenvalue weighted by Gasteiger charge is -2.35. The minimum Gasteiger partial charge on any atom is -0.352 e. The topological polar surface area (TPSA) is 49.3 Å². The molecule has 1 aromatic carbocycles. The fourth-order valence-electron chi connectivity index (χ4n) is 3.02. The average molecular weight is 403 g/mol. The summed E-state index contributed by atoms with van der Waals surface area (Å²) in [5, 5.41) is 10.8. The number of hydrogen-bond donors (Lipinski definition) is 0. The summed E-state index contributed by atoms with van der Waals surface area (Å²) in [6, 6.07) is 11.8. The highest BCUT2D eigenvalue weighted by Gasteiger charge is 2.24. The number of carbonyl (C=O) groups excluding carboxylic acids is 1. The largest absolute Gasteiger partial charge is 0.352 e. The first-order valence-corrected chi connectivity index (χ1v) is 9.74. The van der Waals surface area contributed by atoms with E-state index in [1.165, 1.54) is 12.1 Å². The van der Waals surface area contributed by atoms with Crippen molar-refractivity contribution in [2.24, 2.45) is 0 Å². The number of anilines is 1.